The minimum atomic E-state index is -3.18. The summed E-state index contributed by atoms with van der Waals surface area (Å²) in [7, 11) is -1.15. The van der Waals surface area contributed by atoms with Crippen molar-refractivity contribution in [1.29, 1.82) is 0 Å². The highest BCUT2D eigenvalue weighted by Crippen LogP contribution is 2.67. The molecule has 1 saturated heterocycles. The highest BCUT2D eigenvalue weighted by Gasteiger charge is 2.61. The molecule has 7 atom stereocenters. The Labute approximate surface area is 193 Å². The van der Waals surface area contributed by atoms with Gasteiger partial charge in [0.25, 0.3) is 0 Å². The standard InChI is InChI=1S/C27H37NO3S/c1-17-16-23-27(3,15-13-24(29)28(23)4)22-12-14-26(2)20(10-11-21(26)25(17)22)18-6-8-19(9-7-18)32(5,30)31/h6-10,17,21-23,25H,11-16H2,1-5H3/t17?,21-,22-,23+,25-,26+,27+/m0/s1. The summed E-state index contributed by atoms with van der Waals surface area (Å²) in [6, 6.07) is 7.91. The number of piperidine rings is 1. The maximum atomic E-state index is 12.5. The van der Waals surface area contributed by atoms with E-state index in [2.05, 4.69) is 31.7 Å². The zero-order chi connectivity index (χ0) is 23.1. The van der Waals surface area contributed by atoms with Gasteiger partial charge < -0.3 is 4.90 Å². The van der Waals surface area contributed by atoms with Crippen LogP contribution >= 0.6 is 0 Å². The van der Waals surface area contributed by atoms with E-state index in [1.54, 1.807) is 12.1 Å². The van der Waals surface area contributed by atoms with E-state index in [-0.39, 0.29) is 10.8 Å². The van der Waals surface area contributed by atoms with E-state index < -0.39 is 9.84 Å². The van der Waals surface area contributed by atoms with E-state index in [9.17, 15) is 13.2 Å². The molecule has 0 radical (unpaired) electrons. The molecule has 0 spiro atoms. The summed E-state index contributed by atoms with van der Waals surface area (Å²) in [5, 5.41) is 0. The summed E-state index contributed by atoms with van der Waals surface area (Å²) < 4.78 is 23.8. The molecule has 1 aromatic carbocycles. The molecule has 3 aliphatic carbocycles. The number of carbonyl (C=O) groups excluding carboxylic acids is 1. The number of fused-ring (bicyclic) bond motifs is 5. The van der Waals surface area contributed by atoms with Crippen LogP contribution in [0.25, 0.3) is 5.57 Å². The van der Waals surface area contributed by atoms with Crippen LogP contribution in [0.4, 0.5) is 0 Å². The molecule has 174 valence electrons. The van der Waals surface area contributed by atoms with Crippen LogP contribution in [0, 0.1) is 34.5 Å². The number of benzene rings is 1. The molecule has 32 heavy (non-hydrogen) atoms. The van der Waals surface area contributed by atoms with Crippen LogP contribution in [0.3, 0.4) is 0 Å². The third-order valence-electron chi connectivity index (χ3n) is 10.1. The second kappa shape index (κ2) is 7.19. The number of amides is 1. The van der Waals surface area contributed by atoms with Crippen LogP contribution in [0.1, 0.15) is 64.9 Å². The Hall–Kier alpha value is -1.62. The highest BCUT2D eigenvalue weighted by molar-refractivity contribution is 7.90. The molecule has 4 nitrogen and oxygen atoms in total. The minimum absolute atomic E-state index is 0.140. The molecule has 1 aliphatic heterocycles. The number of likely N-dealkylation sites (tertiary alicyclic amines) is 1. The van der Waals surface area contributed by atoms with Crippen LogP contribution < -0.4 is 0 Å². The van der Waals surface area contributed by atoms with E-state index in [0.717, 1.165) is 19.3 Å². The number of rotatable bonds is 2. The molecule has 1 unspecified atom stereocenters. The van der Waals surface area contributed by atoms with Crippen LogP contribution in [0.5, 0.6) is 0 Å². The lowest BCUT2D eigenvalue weighted by atomic mass is 9.44. The fourth-order valence-electron chi connectivity index (χ4n) is 8.36. The molecule has 5 heteroatoms. The van der Waals surface area contributed by atoms with Crippen molar-refractivity contribution in [2.24, 2.45) is 34.5 Å². The first-order valence-electron chi connectivity index (χ1n) is 12.2. The number of carbonyl (C=O) groups is 1. The quantitative estimate of drug-likeness (QED) is 0.616. The Morgan fingerprint density at radius 3 is 2.41 bits per heavy atom. The summed E-state index contributed by atoms with van der Waals surface area (Å²) in [4.78, 5) is 14.9. The maximum absolute atomic E-state index is 12.5. The van der Waals surface area contributed by atoms with Crippen LogP contribution in [0.15, 0.2) is 35.2 Å². The molecule has 0 N–H and O–H groups in total. The van der Waals surface area contributed by atoms with Gasteiger partial charge in [0.15, 0.2) is 9.84 Å². The van der Waals surface area contributed by atoms with Crippen LogP contribution in [0.2, 0.25) is 0 Å². The summed E-state index contributed by atoms with van der Waals surface area (Å²) >= 11 is 0. The molecule has 1 amide bonds. The molecule has 4 aliphatic rings. The van der Waals surface area contributed by atoms with Gasteiger partial charge in [-0.1, -0.05) is 39.0 Å². The molecular weight excluding hydrogens is 418 g/mol. The predicted octanol–water partition coefficient (Wildman–Crippen LogP) is 5.19. The smallest absolute Gasteiger partial charge is 0.222 e. The van der Waals surface area contributed by atoms with E-state index in [1.165, 1.54) is 30.2 Å². The lowest BCUT2D eigenvalue weighted by Crippen LogP contribution is -2.63. The number of nitrogens with zero attached hydrogens (tertiary/aromatic N) is 1. The van der Waals surface area contributed by atoms with Crippen molar-refractivity contribution >= 4 is 21.3 Å². The summed E-state index contributed by atoms with van der Waals surface area (Å²) in [6.07, 6.45) is 10.1. The van der Waals surface area contributed by atoms with Crippen molar-refractivity contribution in [3.05, 3.63) is 35.9 Å². The average Bonchev–Trinajstić information content (AvgIpc) is 3.09. The zero-order valence-corrected chi connectivity index (χ0v) is 20.9. The average molecular weight is 456 g/mol. The van der Waals surface area contributed by atoms with Gasteiger partial charge in [-0.25, -0.2) is 8.42 Å². The molecule has 5 rings (SSSR count). The number of hydrogen-bond donors (Lipinski definition) is 0. The van der Waals surface area contributed by atoms with E-state index >= 15 is 0 Å². The summed E-state index contributed by atoms with van der Waals surface area (Å²) in [5.41, 5.74) is 2.95. The molecule has 0 aromatic heterocycles. The maximum Gasteiger partial charge on any atom is 0.222 e. The fourth-order valence-corrected chi connectivity index (χ4v) is 8.99. The third kappa shape index (κ3) is 3.06. The second-order valence-corrected chi connectivity index (χ2v) is 13.7. The van der Waals surface area contributed by atoms with Gasteiger partial charge in [-0.15, -0.1) is 0 Å². The molecule has 2 saturated carbocycles. The Bertz CT molecular complexity index is 1070. The topological polar surface area (TPSA) is 54.5 Å². The first-order valence-corrected chi connectivity index (χ1v) is 14.1. The van der Waals surface area contributed by atoms with Crippen molar-refractivity contribution < 1.29 is 13.2 Å². The molecule has 0 bridgehead atoms. The summed E-state index contributed by atoms with van der Waals surface area (Å²) in [6.45, 7) is 7.35. The van der Waals surface area contributed by atoms with Crippen molar-refractivity contribution in [3.63, 3.8) is 0 Å². The summed E-state index contributed by atoms with van der Waals surface area (Å²) in [5.74, 6) is 2.91. The lowest BCUT2D eigenvalue weighted by molar-refractivity contribution is -0.162. The predicted molar refractivity (Wildman–Crippen MR) is 128 cm³/mol. The Morgan fingerprint density at radius 1 is 1.06 bits per heavy atom. The van der Waals surface area contributed by atoms with Crippen LogP contribution in [-0.4, -0.2) is 38.6 Å². The highest BCUT2D eigenvalue weighted by atomic mass is 32.2. The van der Waals surface area contributed by atoms with Gasteiger partial charge in [0.1, 0.15) is 0 Å². The molecular formula is C27H37NO3S. The number of hydrogen-bond acceptors (Lipinski definition) is 3. The van der Waals surface area contributed by atoms with Gasteiger partial charge in [-0.2, -0.15) is 0 Å². The number of allylic oxidation sites excluding steroid dienone is 2. The van der Waals surface area contributed by atoms with Crippen molar-refractivity contribution in [2.75, 3.05) is 13.3 Å². The largest absolute Gasteiger partial charge is 0.342 e. The minimum Gasteiger partial charge on any atom is -0.342 e. The Kier molecular flexibility index (Phi) is 4.98. The fraction of sp³-hybridized carbons (Fsp3) is 0.667. The first kappa shape index (κ1) is 22.2. The zero-order valence-electron chi connectivity index (χ0n) is 20.1. The van der Waals surface area contributed by atoms with Crippen molar-refractivity contribution in [3.8, 4) is 0 Å². The van der Waals surface area contributed by atoms with Gasteiger partial charge in [0.2, 0.25) is 5.91 Å². The molecule has 1 heterocycles. The second-order valence-electron chi connectivity index (χ2n) is 11.6. The molecule has 1 aromatic rings. The third-order valence-corrected chi connectivity index (χ3v) is 11.2. The molecule has 3 fully saturated rings. The SMILES string of the molecule is CC1C[C@H]2N(C)C(=O)CC[C@]2(C)[C@H]2CC[C@]3(C)C(c4ccc(S(C)(=O)=O)cc4)=CC[C@H]3[C@H]12. The monoisotopic (exact) mass is 455 g/mol. The van der Waals surface area contributed by atoms with Crippen molar-refractivity contribution in [1.82, 2.24) is 4.90 Å². The van der Waals surface area contributed by atoms with E-state index in [1.807, 2.05) is 19.2 Å². The van der Waals surface area contributed by atoms with Gasteiger partial charge in [0.05, 0.1) is 4.90 Å². The normalized spacial score (nSPS) is 41.5. The Balaban J connectivity index is 1.46. The van der Waals surface area contributed by atoms with Gasteiger partial charge in [-0.3, -0.25) is 4.79 Å². The van der Waals surface area contributed by atoms with Crippen molar-refractivity contribution in [2.45, 2.75) is 70.2 Å². The van der Waals surface area contributed by atoms with Gasteiger partial charge in [0, 0.05) is 25.8 Å². The van der Waals surface area contributed by atoms with Gasteiger partial charge in [-0.05, 0) is 89.9 Å². The lowest BCUT2D eigenvalue weighted by Gasteiger charge is -2.63. The van der Waals surface area contributed by atoms with Gasteiger partial charge >= 0.3 is 0 Å². The van der Waals surface area contributed by atoms with E-state index in [4.69, 9.17) is 0 Å². The first-order chi connectivity index (χ1) is 15.0. The van der Waals surface area contributed by atoms with Crippen LogP contribution in [-0.2, 0) is 14.6 Å². The number of sulfone groups is 1. The van der Waals surface area contributed by atoms with E-state index in [0.29, 0.717) is 46.9 Å². The Morgan fingerprint density at radius 2 is 1.75 bits per heavy atom.